The molecule has 4 N–H and O–H groups in total. The summed E-state index contributed by atoms with van der Waals surface area (Å²) in [5.41, 5.74) is 17.0. The minimum absolute atomic E-state index is 0.289. The van der Waals surface area contributed by atoms with E-state index in [9.17, 15) is 0 Å². The molecule has 24 heavy (non-hydrogen) atoms. The van der Waals surface area contributed by atoms with Crippen LogP contribution in [-0.2, 0) is 12.0 Å². The van der Waals surface area contributed by atoms with Gasteiger partial charge in [0.05, 0.1) is 17.3 Å². The maximum absolute atomic E-state index is 6.82. The van der Waals surface area contributed by atoms with Crippen LogP contribution < -0.4 is 16.4 Å². The highest BCUT2D eigenvalue weighted by atomic mass is 15.1. The fourth-order valence-corrected chi connectivity index (χ4v) is 3.84. The van der Waals surface area contributed by atoms with Crippen LogP contribution >= 0.6 is 0 Å². The van der Waals surface area contributed by atoms with Gasteiger partial charge in [0, 0.05) is 25.0 Å². The lowest BCUT2D eigenvalue weighted by Crippen LogP contribution is -2.56. The molecule has 2 atom stereocenters. The number of anilines is 1. The van der Waals surface area contributed by atoms with Crippen molar-refractivity contribution in [3.8, 4) is 0 Å². The Hall–Kier alpha value is -2.17. The lowest BCUT2D eigenvalue weighted by atomic mass is 9.77. The van der Waals surface area contributed by atoms with E-state index in [4.69, 9.17) is 11.5 Å². The molecular weight excluding hydrogens is 296 g/mol. The van der Waals surface area contributed by atoms with Crippen LogP contribution in [-0.4, -0.2) is 25.3 Å². The molecule has 4 rings (SSSR count). The number of hydrogen-bond donors (Lipinski definition) is 2. The number of nitrogens with two attached hydrogens (primary N) is 2. The summed E-state index contributed by atoms with van der Waals surface area (Å²) in [6.45, 7) is 2.29. The normalized spacial score (nSPS) is 25.8. The second-order valence-corrected chi connectivity index (χ2v) is 6.90. The Morgan fingerprint density at radius 1 is 1.08 bits per heavy atom. The van der Waals surface area contributed by atoms with Gasteiger partial charge in [-0.3, -0.25) is 4.99 Å². The molecule has 0 aliphatic carbocycles. The van der Waals surface area contributed by atoms with Crippen molar-refractivity contribution in [2.24, 2.45) is 16.5 Å². The fraction of sp³-hybridized carbons (Fsp3) is 0.350. The standard InChI is InChI=1S/C20H24N4/c21-19-14-23-18-9-2-1-8-17(18)20(19,22)13-15-6-5-7-16(12-15)24-10-3-4-11-24/h1-2,5-9,12,14,19H,3-4,10-11,13,21-22H2. The van der Waals surface area contributed by atoms with Crippen LogP contribution in [0.3, 0.4) is 0 Å². The molecule has 0 saturated carbocycles. The van der Waals surface area contributed by atoms with Gasteiger partial charge in [-0.05, 0) is 48.6 Å². The van der Waals surface area contributed by atoms with Crippen LogP contribution in [0.4, 0.5) is 11.4 Å². The highest BCUT2D eigenvalue weighted by Crippen LogP contribution is 2.36. The fourth-order valence-electron chi connectivity index (χ4n) is 3.84. The van der Waals surface area contributed by atoms with Crippen molar-refractivity contribution < 1.29 is 0 Å². The van der Waals surface area contributed by atoms with Crippen LogP contribution in [0.15, 0.2) is 53.5 Å². The smallest absolute Gasteiger partial charge is 0.0677 e. The summed E-state index contributed by atoms with van der Waals surface area (Å²) in [7, 11) is 0. The van der Waals surface area contributed by atoms with E-state index in [0.717, 1.165) is 24.3 Å². The van der Waals surface area contributed by atoms with E-state index in [1.807, 2.05) is 18.2 Å². The Labute approximate surface area is 143 Å². The summed E-state index contributed by atoms with van der Waals surface area (Å²) in [5, 5.41) is 0. The third kappa shape index (κ3) is 2.62. The topological polar surface area (TPSA) is 67.6 Å². The molecule has 124 valence electrons. The molecule has 0 radical (unpaired) electrons. The maximum Gasteiger partial charge on any atom is 0.0677 e. The molecule has 2 aromatic rings. The largest absolute Gasteiger partial charge is 0.372 e. The molecule has 0 aromatic heterocycles. The number of hydrogen-bond acceptors (Lipinski definition) is 4. The first kappa shape index (κ1) is 15.4. The van der Waals surface area contributed by atoms with E-state index in [1.165, 1.54) is 24.1 Å². The van der Waals surface area contributed by atoms with Gasteiger partial charge >= 0.3 is 0 Å². The zero-order valence-electron chi connectivity index (χ0n) is 13.9. The molecule has 2 aliphatic rings. The first-order valence-corrected chi connectivity index (χ1v) is 8.69. The molecule has 2 aliphatic heterocycles. The molecule has 1 saturated heterocycles. The van der Waals surface area contributed by atoms with Gasteiger partial charge in [-0.2, -0.15) is 0 Å². The van der Waals surface area contributed by atoms with Gasteiger partial charge < -0.3 is 16.4 Å². The molecule has 1 fully saturated rings. The van der Waals surface area contributed by atoms with Crippen molar-refractivity contribution in [3.63, 3.8) is 0 Å². The molecule has 2 unspecified atom stereocenters. The Bertz CT molecular complexity index is 764. The van der Waals surface area contributed by atoms with Gasteiger partial charge in [0.2, 0.25) is 0 Å². The maximum atomic E-state index is 6.82. The third-order valence-corrected chi connectivity index (χ3v) is 5.25. The van der Waals surface area contributed by atoms with E-state index in [-0.39, 0.29) is 6.04 Å². The minimum atomic E-state index is -0.623. The van der Waals surface area contributed by atoms with Gasteiger partial charge in [-0.15, -0.1) is 0 Å². The Balaban J connectivity index is 1.67. The third-order valence-electron chi connectivity index (χ3n) is 5.25. The summed E-state index contributed by atoms with van der Waals surface area (Å²) in [6, 6.07) is 16.5. The summed E-state index contributed by atoms with van der Waals surface area (Å²) in [6.07, 6.45) is 5.05. The average Bonchev–Trinajstić information content (AvgIpc) is 3.14. The number of rotatable bonds is 3. The summed E-state index contributed by atoms with van der Waals surface area (Å²) in [5.74, 6) is 0. The van der Waals surface area contributed by atoms with Gasteiger partial charge in [-0.25, -0.2) is 0 Å². The van der Waals surface area contributed by atoms with E-state index in [1.54, 1.807) is 6.21 Å². The summed E-state index contributed by atoms with van der Waals surface area (Å²) < 4.78 is 0. The lowest BCUT2D eigenvalue weighted by Gasteiger charge is -2.37. The molecule has 4 heteroatoms. The molecule has 0 bridgehead atoms. The van der Waals surface area contributed by atoms with Crippen molar-refractivity contribution in [2.75, 3.05) is 18.0 Å². The molecule has 2 heterocycles. The van der Waals surface area contributed by atoms with Crippen LogP contribution in [0, 0.1) is 0 Å². The molecule has 2 aromatic carbocycles. The number of para-hydroxylation sites is 1. The average molecular weight is 320 g/mol. The van der Waals surface area contributed by atoms with Crippen LogP contribution in [0.2, 0.25) is 0 Å². The van der Waals surface area contributed by atoms with E-state index < -0.39 is 5.54 Å². The minimum Gasteiger partial charge on any atom is -0.372 e. The zero-order chi connectivity index (χ0) is 16.6. The van der Waals surface area contributed by atoms with Crippen molar-refractivity contribution >= 4 is 17.6 Å². The quantitative estimate of drug-likeness (QED) is 0.914. The first-order chi connectivity index (χ1) is 11.7. The van der Waals surface area contributed by atoms with E-state index in [2.05, 4.69) is 40.2 Å². The van der Waals surface area contributed by atoms with Crippen molar-refractivity contribution in [1.29, 1.82) is 0 Å². The number of fused-ring (bicyclic) bond motifs is 1. The monoisotopic (exact) mass is 320 g/mol. The summed E-state index contributed by atoms with van der Waals surface area (Å²) in [4.78, 5) is 6.90. The van der Waals surface area contributed by atoms with Gasteiger partial charge in [0.25, 0.3) is 0 Å². The Kier molecular flexibility index (Phi) is 3.87. The zero-order valence-corrected chi connectivity index (χ0v) is 13.9. The number of benzene rings is 2. The second kappa shape index (κ2) is 6.04. The Morgan fingerprint density at radius 2 is 1.88 bits per heavy atom. The predicted molar refractivity (Wildman–Crippen MR) is 100 cm³/mol. The van der Waals surface area contributed by atoms with E-state index >= 15 is 0 Å². The Morgan fingerprint density at radius 3 is 2.71 bits per heavy atom. The van der Waals surface area contributed by atoms with Crippen LogP contribution in [0.1, 0.15) is 24.0 Å². The highest BCUT2D eigenvalue weighted by Gasteiger charge is 2.38. The van der Waals surface area contributed by atoms with Gasteiger partial charge in [-0.1, -0.05) is 30.3 Å². The van der Waals surface area contributed by atoms with E-state index in [0.29, 0.717) is 6.42 Å². The van der Waals surface area contributed by atoms with Crippen molar-refractivity contribution in [2.45, 2.75) is 30.8 Å². The van der Waals surface area contributed by atoms with Crippen LogP contribution in [0.25, 0.3) is 0 Å². The molecule has 0 amide bonds. The van der Waals surface area contributed by atoms with Gasteiger partial charge in [0.1, 0.15) is 0 Å². The second-order valence-electron chi connectivity index (χ2n) is 6.90. The first-order valence-electron chi connectivity index (χ1n) is 8.69. The van der Waals surface area contributed by atoms with Crippen LogP contribution in [0.5, 0.6) is 0 Å². The number of aliphatic imine (C=N–C) groups is 1. The SMILES string of the molecule is NC1C=Nc2ccccc2C1(N)Cc1cccc(N2CCCC2)c1. The molecule has 4 nitrogen and oxygen atoms in total. The number of nitrogens with zero attached hydrogens (tertiary/aromatic N) is 2. The van der Waals surface area contributed by atoms with Gasteiger partial charge in [0.15, 0.2) is 0 Å². The molecular formula is C20H24N4. The predicted octanol–water partition coefficient (Wildman–Crippen LogP) is 2.73. The highest BCUT2D eigenvalue weighted by molar-refractivity contribution is 5.77. The summed E-state index contributed by atoms with van der Waals surface area (Å²) >= 11 is 0. The van der Waals surface area contributed by atoms with Crippen molar-refractivity contribution in [1.82, 2.24) is 0 Å². The lowest BCUT2D eigenvalue weighted by molar-refractivity contribution is 0.410. The molecule has 0 spiro atoms. The van der Waals surface area contributed by atoms with Crippen molar-refractivity contribution in [3.05, 3.63) is 59.7 Å².